The fraction of sp³-hybridized carbons (Fsp3) is 0.100. The lowest BCUT2D eigenvalue weighted by Crippen LogP contribution is -1.98. The van der Waals surface area contributed by atoms with E-state index in [1.165, 1.54) is 0 Å². The minimum absolute atomic E-state index is 0.429. The number of nitrogens with two attached hydrogens (primary N) is 1. The molecule has 0 atom stereocenters. The van der Waals surface area contributed by atoms with Crippen LogP contribution in [0.3, 0.4) is 0 Å². The van der Waals surface area contributed by atoms with Crippen molar-refractivity contribution in [3.05, 3.63) is 42.2 Å². The second kappa shape index (κ2) is 4.04. The molecule has 0 bridgehead atoms. The Morgan fingerprint density at radius 3 is 2.64 bits per heavy atom. The molecule has 2 aromatic rings. The molecule has 0 radical (unpaired) electrons. The molecule has 4 heteroatoms. The first-order chi connectivity index (χ1) is 6.90. The predicted octanol–water partition coefficient (Wildman–Crippen LogP) is 1.47. The molecule has 1 heterocycles. The molecule has 0 aliphatic heterocycles. The van der Waals surface area contributed by atoms with Crippen LogP contribution in [0.15, 0.2) is 36.7 Å². The van der Waals surface area contributed by atoms with E-state index in [0.29, 0.717) is 6.61 Å². The third-order valence-corrected chi connectivity index (χ3v) is 1.98. The van der Waals surface area contributed by atoms with Crippen LogP contribution in [0.1, 0.15) is 5.56 Å². The number of imidazole rings is 1. The number of hydrogen-bond acceptors (Lipinski definition) is 3. The van der Waals surface area contributed by atoms with Crippen LogP contribution in [-0.4, -0.2) is 9.97 Å². The van der Waals surface area contributed by atoms with Gasteiger partial charge >= 0.3 is 0 Å². The molecular formula is C10H11N3O. The van der Waals surface area contributed by atoms with Crippen LogP contribution < -0.4 is 5.90 Å². The lowest BCUT2D eigenvalue weighted by molar-refractivity contribution is 0.124. The molecule has 3 N–H and O–H groups in total. The number of nitrogens with zero attached hydrogens (tertiary/aromatic N) is 1. The molecule has 0 spiro atoms. The minimum atomic E-state index is 0.429. The first-order valence-electron chi connectivity index (χ1n) is 4.30. The summed E-state index contributed by atoms with van der Waals surface area (Å²) in [5, 5.41) is 0. The van der Waals surface area contributed by atoms with Gasteiger partial charge in [0.15, 0.2) is 0 Å². The third-order valence-electron chi connectivity index (χ3n) is 1.98. The number of nitrogens with one attached hydrogen (secondary N) is 1. The Balaban J connectivity index is 2.22. The Kier molecular flexibility index (Phi) is 2.58. The molecule has 0 amide bonds. The van der Waals surface area contributed by atoms with Crippen LogP contribution in [-0.2, 0) is 11.4 Å². The quantitative estimate of drug-likeness (QED) is 0.718. The zero-order valence-corrected chi connectivity index (χ0v) is 7.60. The third kappa shape index (κ3) is 1.81. The summed E-state index contributed by atoms with van der Waals surface area (Å²) < 4.78 is 0. The molecule has 4 nitrogen and oxygen atoms in total. The van der Waals surface area contributed by atoms with E-state index in [1.807, 2.05) is 24.3 Å². The summed E-state index contributed by atoms with van der Waals surface area (Å²) >= 11 is 0. The lowest BCUT2D eigenvalue weighted by atomic mass is 10.1. The van der Waals surface area contributed by atoms with Crippen molar-refractivity contribution in [2.24, 2.45) is 5.90 Å². The van der Waals surface area contributed by atoms with Gasteiger partial charge in [0, 0.05) is 18.0 Å². The van der Waals surface area contributed by atoms with Gasteiger partial charge in [-0.15, -0.1) is 0 Å². The second-order valence-corrected chi connectivity index (χ2v) is 2.95. The highest BCUT2D eigenvalue weighted by molar-refractivity contribution is 5.54. The van der Waals surface area contributed by atoms with Gasteiger partial charge in [0.05, 0.1) is 6.61 Å². The summed E-state index contributed by atoms with van der Waals surface area (Å²) in [5.74, 6) is 5.84. The Morgan fingerprint density at radius 2 is 2.07 bits per heavy atom. The van der Waals surface area contributed by atoms with E-state index in [9.17, 15) is 0 Å². The molecule has 14 heavy (non-hydrogen) atoms. The van der Waals surface area contributed by atoms with E-state index in [4.69, 9.17) is 5.90 Å². The van der Waals surface area contributed by atoms with Crippen LogP contribution in [0.2, 0.25) is 0 Å². The smallest absolute Gasteiger partial charge is 0.137 e. The lowest BCUT2D eigenvalue weighted by Gasteiger charge is -2.00. The molecular weight excluding hydrogens is 178 g/mol. The number of aromatic amines is 1. The molecule has 0 unspecified atom stereocenters. The van der Waals surface area contributed by atoms with Gasteiger partial charge in [-0.05, 0) is 5.56 Å². The van der Waals surface area contributed by atoms with Gasteiger partial charge in [-0.3, -0.25) is 4.84 Å². The van der Waals surface area contributed by atoms with E-state index in [2.05, 4.69) is 14.8 Å². The molecule has 0 aliphatic carbocycles. The average Bonchev–Trinajstić information content (AvgIpc) is 2.72. The summed E-state index contributed by atoms with van der Waals surface area (Å²) in [6.45, 7) is 0.429. The SMILES string of the molecule is NOCc1ccc(-c2ncc[nH]2)cc1. The zero-order valence-electron chi connectivity index (χ0n) is 7.60. The predicted molar refractivity (Wildman–Crippen MR) is 53.0 cm³/mol. The monoisotopic (exact) mass is 189 g/mol. The minimum Gasteiger partial charge on any atom is -0.345 e. The average molecular weight is 189 g/mol. The van der Waals surface area contributed by atoms with E-state index >= 15 is 0 Å². The van der Waals surface area contributed by atoms with Gasteiger partial charge in [0.1, 0.15) is 5.82 Å². The normalized spacial score (nSPS) is 10.4. The maximum atomic E-state index is 4.97. The first-order valence-corrected chi connectivity index (χ1v) is 4.30. The van der Waals surface area contributed by atoms with E-state index in [1.54, 1.807) is 12.4 Å². The van der Waals surface area contributed by atoms with Crippen LogP contribution in [0.5, 0.6) is 0 Å². The first kappa shape index (κ1) is 8.93. The molecule has 1 aromatic heterocycles. The summed E-state index contributed by atoms with van der Waals surface area (Å²) in [7, 11) is 0. The number of benzene rings is 1. The molecule has 0 aliphatic rings. The fourth-order valence-corrected chi connectivity index (χ4v) is 1.28. The van der Waals surface area contributed by atoms with Crippen molar-refractivity contribution in [1.29, 1.82) is 0 Å². The van der Waals surface area contributed by atoms with Gasteiger partial charge < -0.3 is 4.98 Å². The molecule has 0 saturated heterocycles. The molecule has 0 saturated carbocycles. The van der Waals surface area contributed by atoms with Gasteiger partial charge in [-0.1, -0.05) is 24.3 Å². The summed E-state index contributed by atoms with van der Waals surface area (Å²) in [6, 6.07) is 7.88. The van der Waals surface area contributed by atoms with Gasteiger partial charge in [-0.25, -0.2) is 10.9 Å². The number of H-pyrrole nitrogens is 1. The van der Waals surface area contributed by atoms with Gasteiger partial charge in [0.2, 0.25) is 0 Å². The Morgan fingerprint density at radius 1 is 1.29 bits per heavy atom. The van der Waals surface area contributed by atoms with E-state index in [-0.39, 0.29) is 0 Å². The van der Waals surface area contributed by atoms with Crippen molar-refractivity contribution in [2.75, 3.05) is 0 Å². The van der Waals surface area contributed by atoms with E-state index < -0.39 is 0 Å². The highest BCUT2D eigenvalue weighted by Crippen LogP contribution is 2.14. The maximum Gasteiger partial charge on any atom is 0.137 e. The van der Waals surface area contributed by atoms with Crippen LogP contribution in [0.4, 0.5) is 0 Å². The van der Waals surface area contributed by atoms with Crippen LogP contribution >= 0.6 is 0 Å². The number of hydrogen-bond donors (Lipinski definition) is 2. The topological polar surface area (TPSA) is 63.9 Å². The molecule has 72 valence electrons. The Hall–Kier alpha value is -1.65. The van der Waals surface area contributed by atoms with Crippen molar-refractivity contribution < 1.29 is 4.84 Å². The van der Waals surface area contributed by atoms with Crippen molar-refractivity contribution in [2.45, 2.75) is 6.61 Å². The molecule has 0 fully saturated rings. The van der Waals surface area contributed by atoms with E-state index in [0.717, 1.165) is 17.0 Å². The fourth-order valence-electron chi connectivity index (χ4n) is 1.28. The van der Waals surface area contributed by atoms with Crippen LogP contribution in [0.25, 0.3) is 11.4 Å². The maximum absolute atomic E-state index is 4.97. The summed E-state index contributed by atoms with van der Waals surface area (Å²) in [6.07, 6.45) is 3.53. The molecule has 1 aromatic carbocycles. The van der Waals surface area contributed by atoms with Crippen molar-refractivity contribution in [3.63, 3.8) is 0 Å². The highest BCUT2D eigenvalue weighted by atomic mass is 16.6. The van der Waals surface area contributed by atoms with Crippen molar-refractivity contribution in [3.8, 4) is 11.4 Å². The zero-order chi connectivity index (χ0) is 9.80. The number of rotatable bonds is 3. The van der Waals surface area contributed by atoms with Crippen LogP contribution in [0, 0.1) is 0 Å². The highest BCUT2D eigenvalue weighted by Gasteiger charge is 1.98. The van der Waals surface area contributed by atoms with Crippen molar-refractivity contribution in [1.82, 2.24) is 9.97 Å². The standard InChI is InChI=1S/C10H11N3O/c11-14-7-8-1-3-9(4-2-8)10-12-5-6-13-10/h1-6H,7,11H2,(H,12,13). The summed E-state index contributed by atoms with van der Waals surface area (Å²) in [4.78, 5) is 11.7. The van der Waals surface area contributed by atoms with Crippen molar-refractivity contribution >= 4 is 0 Å². The number of aromatic nitrogens is 2. The Labute approximate surface area is 81.7 Å². The second-order valence-electron chi connectivity index (χ2n) is 2.95. The molecule has 2 rings (SSSR count). The van der Waals surface area contributed by atoms with Gasteiger partial charge in [-0.2, -0.15) is 0 Å². The largest absolute Gasteiger partial charge is 0.345 e. The Bertz CT molecular complexity index is 380. The van der Waals surface area contributed by atoms with Gasteiger partial charge in [0.25, 0.3) is 0 Å². The summed E-state index contributed by atoms with van der Waals surface area (Å²) in [5.41, 5.74) is 2.10.